The maximum atomic E-state index is 12.2. The van der Waals surface area contributed by atoms with Gasteiger partial charge in [0.25, 0.3) is 0 Å². The molecule has 1 aromatic heterocycles. The number of hydrogen-bond acceptors (Lipinski definition) is 3. The number of nitrogens with one attached hydrogen (secondary N) is 1. The minimum absolute atomic E-state index is 0.0398. The number of nitrogens with zero attached hydrogens (tertiary/aromatic N) is 2. The Morgan fingerprint density at radius 1 is 1.69 bits per heavy atom. The lowest BCUT2D eigenvalue weighted by Gasteiger charge is -2.11. The summed E-state index contributed by atoms with van der Waals surface area (Å²) in [6.07, 6.45) is -2.90. The van der Waals surface area contributed by atoms with E-state index in [9.17, 15) is 18.0 Å². The number of aromatic nitrogens is 2. The van der Waals surface area contributed by atoms with Crippen LogP contribution in [0.1, 0.15) is 5.56 Å². The molecule has 0 aliphatic heterocycles. The molecule has 0 bridgehead atoms. The van der Waals surface area contributed by atoms with Gasteiger partial charge in [0.15, 0.2) is 0 Å². The average Bonchev–Trinajstić information content (AvgIpc) is 2.61. The molecule has 0 fully saturated rings. The lowest BCUT2D eigenvalue weighted by atomic mass is 10.3. The molecule has 0 aliphatic carbocycles. The van der Waals surface area contributed by atoms with Crippen molar-refractivity contribution in [3.8, 4) is 0 Å². The molecule has 0 aromatic carbocycles. The van der Waals surface area contributed by atoms with Crippen molar-refractivity contribution in [2.45, 2.75) is 18.8 Å². The second-order valence-corrected chi connectivity index (χ2v) is 3.19. The number of alkyl halides is 3. The smallest absolute Gasteiger partial charge is 0.368 e. The maximum absolute atomic E-state index is 12.2. The fraction of sp³-hybridized carbons (Fsp3) is 0.500. The van der Waals surface area contributed by atoms with Gasteiger partial charge in [-0.2, -0.15) is 18.3 Å². The third kappa shape index (κ3) is 2.96. The summed E-state index contributed by atoms with van der Waals surface area (Å²) < 4.78 is 37.7. The van der Waals surface area contributed by atoms with Crippen LogP contribution in [-0.2, 0) is 17.5 Å². The van der Waals surface area contributed by atoms with Crippen molar-refractivity contribution in [2.24, 2.45) is 5.73 Å². The molecule has 0 saturated heterocycles. The number of amides is 1. The Morgan fingerprint density at radius 2 is 2.31 bits per heavy atom. The molecule has 1 amide bonds. The zero-order valence-corrected chi connectivity index (χ0v) is 8.45. The maximum Gasteiger partial charge on any atom is 0.419 e. The van der Waals surface area contributed by atoms with Crippen LogP contribution in [0.2, 0.25) is 0 Å². The number of halogens is 3. The van der Waals surface area contributed by atoms with E-state index in [1.54, 1.807) is 0 Å². The van der Waals surface area contributed by atoms with Gasteiger partial charge in [-0.1, -0.05) is 0 Å². The van der Waals surface area contributed by atoms with E-state index in [1.165, 1.54) is 7.05 Å². The summed E-state index contributed by atoms with van der Waals surface area (Å²) in [5, 5.41) is 6.08. The first-order valence-corrected chi connectivity index (χ1v) is 4.41. The highest BCUT2D eigenvalue weighted by Crippen LogP contribution is 2.28. The van der Waals surface area contributed by atoms with Crippen LogP contribution in [0.4, 0.5) is 13.2 Å². The van der Waals surface area contributed by atoms with Gasteiger partial charge in [0, 0.05) is 6.20 Å². The van der Waals surface area contributed by atoms with E-state index in [2.05, 4.69) is 10.4 Å². The molecule has 1 heterocycles. The summed E-state index contributed by atoms with van der Waals surface area (Å²) in [5.74, 6) is -0.647. The summed E-state index contributed by atoms with van der Waals surface area (Å²) in [7, 11) is 1.49. The Hall–Kier alpha value is -1.57. The molecule has 90 valence electrons. The topological polar surface area (TPSA) is 72.9 Å². The van der Waals surface area contributed by atoms with Crippen LogP contribution in [0.25, 0.3) is 0 Å². The minimum Gasteiger partial charge on any atom is -0.368 e. The summed E-state index contributed by atoms with van der Waals surface area (Å²) in [6.45, 7) is -0.0398. The van der Waals surface area contributed by atoms with Crippen molar-refractivity contribution < 1.29 is 18.0 Å². The Kier molecular flexibility index (Phi) is 3.53. The number of hydrogen-bond donors (Lipinski definition) is 2. The highest BCUT2D eigenvalue weighted by atomic mass is 19.4. The van der Waals surface area contributed by atoms with E-state index >= 15 is 0 Å². The van der Waals surface area contributed by atoms with Gasteiger partial charge in [0.05, 0.1) is 18.3 Å². The van der Waals surface area contributed by atoms with E-state index in [-0.39, 0.29) is 6.54 Å². The van der Waals surface area contributed by atoms with Gasteiger partial charge in [0.1, 0.15) is 6.04 Å². The second kappa shape index (κ2) is 4.52. The number of primary amides is 1. The first-order chi connectivity index (χ1) is 7.34. The first kappa shape index (κ1) is 12.5. The van der Waals surface area contributed by atoms with Crippen molar-refractivity contribution in [3.63, 3.8) is 0 Å². The third-order valence-corrected chi connectivity index (χ3v) is 2.02. The summed E-state index contributed by atoms with van der Waals surface area (Å²) >= 11 is 0. The molecule has 5 nitrogen and oxygen atoms in total. The SMILES string of the molecule is CNC(Cn1cc(C(F)(F)F)cn1)C(N)=O. The molecule has 0 saturated carbocycles. The summed E-state index contributed by atoms with van der Waals surface area (Å²) in [6, 6.07) is -0.749. The average molecular weight is 236 g/mol. The fourth-order valence-electron chi connectivity index (χ4n) is 1.12. The molecule has 0 radical (unpaired) electrons. The zero-order chi connectivity index (χ0) is 12.3. The van der Waals surface area contributed by atoms with Crippen LogP contribution in [0.15, 0.2) is 12.4 Å². The monoisotopic (exact) mass is 236 g/mol. The van der Waals surface area contributed by atoms with Gasteiger partial charge in [-0.25, -0.2) is 0 Å². The van der Waals surface area contributed by atoms with E-state index in [0.29, 0.717) is 6.20 Å². The molecule has 1 atom stereocenters. The Balaban J connectivity index is 2.76. The molecule has 0 spiro atoms. The van der Waals surface area contributed by atoms with Gasteiger partial charge in [-0.3, -0.25) is 9.48 Å². The zero-order valence-electron chi connectivity index (χ0n) is 8.45. The van der Waals surface area contributed by atoms with Crippen LogP contribution < -0.4 is 11.1 Å². The van der Waals surface area contributed by atoms with Gasteiger partial charge in [-0.05, 0) is 7.05 Å². The van der Waals surface area contributed by atoms with E-state index in [4.69, 9.17) is 5.73 Å². The number of likely N-dealkylation sites (N-methyl/N-ethyl adjacent to an activating group) is 1. The van der Waals surface area contributed by atoms with E-state index in [1.807, 2.05) is 0 Å². The highest BCUT2D eigenvalue weighted by molar-refractivity contribution is 5.79. The van der Waals surface area contributed by atoms with Gasteiger partial charge in [0.2, 0.25) is 5.91 Å². The molecule has 0 aliphatic rings. The predicted octanol–water partition coefficient (Wildman–Crippen LogP) is -0.0248. The summed E-state index contributed by atoms with van der Waals surface area (Å²) in [4.78, 5) is 10.8. The lowest BCUT2D eigenvalue weighted by Crippen LogP contribution is -2.42. The Morgan fingerprint density at radius 3 is 2.69 bits per heavy atom. The Bertz CT molecular complexity index is 374. The van der Waals surface area contributed by atoms with Crippen LogP contribution in [0, 0.1) is 0 Å². The van der Waals surface area contributed by atoms with Crippen molar-refractivity contribution in [3.05, 3.63) is 18.0 Å². The van der Waals surface area contributed by atoms with Gasteiger partial charge < -0.3 is 11.1 Å². The highest BCUT2D eigenvalue weighted by Gasteiger charge is 2.32. The van der Waals surface area contributed by atoms with Crippen LogP contribution >= 0.6 is 0 Å². The van der Waals surface area contributed by atoms with Crippen molar-refractivity contribution in [1.29, 1.82) is 0 Å². The number of carbonyl (C=O) groups is 1. The lowest BCUT2D eigenvalue weighted by molar-refractivity contribution is -0.137. The quantitative estimate of drug-likeness (QED) is 0.771. The Labute approximate surface area is 89.4 Å². The van der Waals surface area contributed by atoms with Gasteiger partial charge >= 0.3 is 6.18 Å². The van der Waals surface area contributed by atoms with Crippen molar-refractivity contribution >= 4 is 5.91 Å². The molecule has 16 heavy (non-hydrogen) atoms. The molecular weight excluding hydrogens is 225 g/mol. The molecule has 1 rings (SSSR count). The van der Waals surface area contributed by atoms with Gasteiger partial charge in [-0.15, -0.1) is 0 Å². The molecular formula is C8H11F3N4O. The van der Waals surface area contributed by atoms with Crippen LogP contribution in [0.5, 0.6) is 0 Å². The van der Waals surface area contributed by atoms with Crippen LogP contribution in [-0.4, -0.2) is 28.8 Å². The largest absolute Gasteiger partial charge is 0.419 e. The number of rotatable bonds is 4. The van der Waals surface area contributed by atoms with Crippen molar-refractivity contribution in [2.75, 3.05) is 7.05 Å². The first-order valence-electron chi connectivity index (χ1n) is 4.41. The molecule has 1 unspecified atom stereocenters. The number of nitrogens with two attached hydrogens (primary N) is 1. The van der Waals surface area contributed by atoms with E-state index < -0.39 is 23.7 Å². The normalized spacial score (nSPS) is 13.8. The fourth-order valence-corrected chi connectivity index (χ4v) is 1.12. The molecule has 1 aromatic rings. The van der Waals surface area contributed by atoms with Crippen LogP contribution in [0.3, 0.4) is 0 Å². The standard InChI is InChI=1S/C8H11F3N4O/c1-13-6(7(12)16)4-15-3-5(2-14-15)8(9,10)11/h2-3,6,13H,4H2,1H3,(H2,12,16). The number of carbonyl (C=O) groups excluding carboxylic acids is 1. The van der Waals surface area contributed by atoms with E-state index in [0.717, 1.165) is 10.9 Å². The minimum atomic E-state index is -4.43. The molecule has 3 N–H and O–H groups in total. The van der Waals surface area contributed by atoms with Crippen molar-refractivity contribution in [1.82, 2.24) is 15.1 Å². The third-order valence-electron chi connectivity index (χ3n) is 2.02. The predicted molar refractivity (Wildman–Crippen MR) is 49.3 cm³/mol. The summed E-state index contributed by atoms with van der Waals surface area (Å²) in [5.41, 5.74) is 4.17. The molecule has 8 heteroatoms. The second-order valence-electron chi connectivity index (χ2n) is 3.19.